The van der Waals surface area contributed by atoms with Crippen molar-refractivity contribution in [1.82, 2.24) is 9.97 Å². The molecule has 0 atom stereocenters. The van der Waals surface area contributed by atoms with Gasteiger partial charge in [-0.15, -0.1) is 0 Å². The van der Waals surface area contributed by atoms with Crippen molar-refractivity contribution in [2.45, 2.75) is 13.3 Å². The molecular formula is C19H20N2O4. The van der Waals surface area contributed by atoms with E-state index in [-0.39, 0.29) is 19.0 Å². The molecule has 6 nitrogen and oxygen atoms in total. The number of aromatic amines is 1. The van der Waals surface area contributed by atoms with Crippen LogP contribution in [0.5, 0.6) is 11.5 Å². The van der Waals surface area contributed by atoms with Crippen LogP contribution in [0.2, 0.25) is 0 Å². The first-order valence-electron chi connectivity index (χ1n) is 8.13. The van der Waals surface area contributed by atoms with E-state index in [0.29, 0.717) is 18.1 Å². The average Bonchev–Trinajstić information content (AvgIpc) is 3.06. The van der Waals surface area contributed by atoms with Crippen LogP contribution in [0, 0.1) is 0 Å². The lowest BCUT2D eigenvalue weighted by atomic mass is 10.2. The monoisotopic (exact) mass is 340 g/mol. The molecule has 0 saturated carbocycles. The van der Waals surface area contributed by atoms with Crippen LogP contribution in [-0.2, 0) is 9.53 Å². The standard InChI is InChI=1S/C19H20N2O4/c1-3-24-18(22)10-11-25-17-12-13(8-9-16(17)23-2)19-20-14-6-4-5-7-15(14)21-19/h4-9,12H,3,10-11H2,1-2H3,(H,20,21). The van der Waals surface area contributed by atoms with Crippen molar-refractivity contribution in [3.8, 4) is 22.9 Å². The van der Waals surface area contributed by atoms with E-state index in [1.165, 1.54) is 0 Å². The van der Waals surface area contributed by atoms with Gasteiger partial charge in [0.15, 0.2) is 11.5 Å². The van der Waals surface area contributed by atoms with E-state index in [4.69, 9.17) is 14.2 Å². The largest absolute Gasteiger partial charge is 0.493 e. The van der Waals surface area contributed by atoms with Crippen molar-refractivity contribution in [3.05, 3.63) is 42.5 Å². The van der Waals surface area contributed by atoms with Gasteiger partial charge in [-0.3, -0.25) is 4.79 Å². The quantitative estimate of drug-likeness (QED) is 0.666. The normalized spacial score (nSPS) is 10.6. The van der Waals surface area contributed by atoms with Gasteiger partial charge in [-0.2, -0.15) is 0 Å². The fraction of sp³-hybridized carbons (Fsp3) is 0.263. The first kappa shape index (κ1) is 16.8. The van der Waals surface area contributed by atoms with E-state index in [0.717, 1.165) is 22.4 Å². The number of methoxy groups -OCH3 is 1. The number of nitrogens with zero attached hydrogens (tertiary/aromatic N) is 1. The molecule has 0 aliphatic carbocycles. The molecule has 3 rings (SSSR count). The molecule has 0 spiro atoms. The van der Waals surface area contributed by atoms with Crippen LogP contribution in [-0.4, -0.2) is 36.3 Å². The molecule has 0 saturated heterocycles. The third-order valence-electron chi connectivity index (χ3n) is 3.70. The van der Waals surface area contributed by atoms with E-state index in [1.54, 1.807) is 14.0 Å². The van der Waals surface area contributed by atoms with Crippen molar-refractivity contribution in [2.24, 2.45) is 0 Å². The topological polar surface area (TPSA) is 73.4 Å². The first-order valence-corrected chi connectivity index (χ1v) is 8.13. The Morgan fingerprint density at radius 3 is 2.76 bits per heavy atom. The highest BCUT2D eigenvalue weighted by atomic mass is 16.5. The number of aromatic nitrogens is 2. The highest BCUT2D eigenvalue weighted by Crippen LogP contribution is 2.32. The molecule has 0 aliphatic heterocycles. The maximum atomic E-state index is 11.4. The molecule has 0 bridgehead atoms. The molecule has 2 aromatic carbocycles. The van der Waals surface area contributed by atoms with Gasteiger partial charge in [0.05, 0.1) is 37.8 Å². The molecule has 6 heteroatoms. The number of esters is 1. The smallest absolute Gasteiger partial charge is 0.309 e. The van der Waals surface area contributed by atoms with E-state index >= 15 is 0 Å². The van der Waals surface area contributed by atoms with Crippen LogP contribution in [0.1, 0.15) is 13.3 Å². The summed E-state index contributed by atoms with van der Waals surface area (Å²) in [5.74, 6) is 1.63. The maximum Gasteiger partial charge on any atom is 0.309 e. The first-order chi connectivity index (χ1) is 12.2. The summed E-state index contributed by atoms with van der Waals surface area (Å²) in [4.78, 5) is 19.3. The van der Waals surface area contributed by atoms with Crippen molar-refractivity contribution in [3.63, 3.8) is 0 Å². The number of para-hydroxylation sites is 2. The molecule has 1 heterocycles. The van der Waals surface area contributed by atoms with Gasteiger partial charge in [-0.1, -0.05) is 12.1 Å². The molecule has 0 unspecified atom stereocenters. The Labute approximate surface area is 145 Å². The molecule has 1 aromatic heterocycles. The van der Waals surface area contributed by atoms with Gasteiger partial charge >= 0.3 is 5.97 Å². The summed E-state index contributed by atoms with van der Waals surface area (Å²) < 4.78 is 15.9. The third kappa shape index (κ3) is 3.91. The summed E-state index contributed by atoms with van der Waals surface area (Å²) in [6, 6.07) is 13.4. The number of rotatable bonds is 7. The van der Waals surface area contributed by atoms with Crippen LogP contribution in [0.4, 0.5) is 0 Å². The second-order valence-electron chi connectivity index (χ2n) is 5.37. The third-order valence-corrected chi connectivity index (χ3v) is 3.70. The summed E-state index contributed by atoms with van der Waals surface area (Å²) >= 11 is 0. The summed E-state index contributed by atoms with van der Waals surface area (Å²) in [7, 11) is 1.58. The van der Waals surface area contributed by atoms with Crippen LogP contribution in [0.3, 0.4) is 0 Å². The zero-order valence-electron chi connectivity index (χ0n) is 14.2. The number of hydrogen-bond acceptors (Lipinski definition) is 5. The molecule has 0 amide bonds. The van der Waals surface area contributed by atoms with Crippen molar-refractivity contribution in [2.75, 3.05) is 20.3 Å². The van der Waals surface area contributed by atoms with Gasteiger partial charge in [-0.05, 0) is 37.3 Å². The van der Waals surface area contributed by atoms with Crippen LogP contribution >= 0.6 is 0 Å². The van der Waals surface area contributed by atoms with Gasteiger partial charge in [-0.25, -0.2) is 4.98 Å². The molecule has 0 aliphatic rings. The number of fused-ring (bicyclic) bond motifs is 1. The molecule has 1 N–H and O–H groups in total. The van der Waals surface area contributed by atoms with E-state index in [9.17, 15) is 4.79 Å². The number of hydrogen-bond donors (Lipinski definition) is 1. The zero-order valence-corrected chi connectivity index (χ0v) is 14.2. The number of imidazole rings is 1. The summed E-state index contributed by atoms with van der Waals surface area (Å²) in [5, 5.41) is 0. The maximum absolute atomic E-state index is 11.4. The van der Waals surface area contributed by atoms with E-state index < -0.39 is 0 Å². The fourth-order valence-corrected chi connectivity index (χ4v) is 2.50. The molecule has 0 fully saturated rings. The summed E-state index contributed by atoms with van der Waals surface area (Å²) in [5.41, 5.74) is 2.75. The SMILES string of the molecule is CCOC(=O)CCOc1cc(-c2nc3ccccc3[nH]2)ccc1OC. The molecule has 3 aromatic rings. The van der Waals surface area contributed by atoms with Crippen molar-refractivity contribution < 1.29 is 19.0 Å². The second kappa shape index (κ2) is 7.70. The van der Waals surface area contributed by atoms with Crippen LogP contribution in [0.25, 0.3) is 22.4 Å². The van der Waals surface area contributed by atoms with Gasteiger partial charge in [0.25, 0.3) is 0 Å². The minimum absolute atomic E-state index is 0.186. The number of nitrogens with one attached hydrogen (secondary N) is 1. The van der Waals surface area contributed by atoms with E-state index in [2.05, 4.69) is 9.97 Å². The lowest BCUT2D eigenvalue weighted by molar-refractivity contribution is -0.143. The Morgan fingerprint density at radius 2 is 2.00 bits per heavy atom. The number of H-pyrrole nitrogens is 1. The van der Waals surface area contributed by atoms with Crippen molar-refractivity contribution >= 4 is 17.0 Å². The highest BCUT2D eigenvalue weighted by molar-refractivity contribution is 5.79. The lowest BCUT2D eigenvalue weighted by Gasteiger charge is -2.11. The second-order valence-corrected chi connectivity index (χ2v) is 5.37. The Balaban J connectivity index is 1.80. The number of benzene rings is 2. The number of carbonyl (C=O) groups excluding carboxylic acids is 1. The van der Waals surface area contributed by atoms with Gasteiger partial charge in [0.1, 0.15) is 5.82 Å². The predicted octanol–water partition coefficient (Wildman–Crippen LogP) is 3.57. The van der Waals surface area contributed by atoms with Gasteiger partial charge in [0.2, 0.25) is 0 Å². The Bertz CT molecular complexity index is 840. The zero-order chi connectivity index (χ0) is 17.6. The Morgan fingerprint density at radius 1 is 1.16 bits per heavy atom. The number of carbonyl (C=O) groups is 1. The highest BCUT2D eigenvalue weighted by Gasteiger charge is 2.11. The van der Waals surface area contributed by atoms with Crippen LogP contribution in [0.15, 0.2) is 42.5 Å². The Kier molecular flexibility index (Phi) is 5.18. The Hall–Kier alpha value is -3.02. The number of ether oxygens (including phenoxy) is 3. The summed E-state index contributed by atoms with van der Waals surface area (Å²) in [6.45, 7) is 2.36. The lowest BCUT2D eigenvalue weighted by Crippen LogP contribution is -2.10. The molecule has 130 valence electrons. The van der Waals surface area contributed by atoms with Gasteiger partial charge < -0.3 is 19.2 Å². The van der Waals surface area contributed by atoms with Gasteiger partial charge in [0, 0.05) is 5.56 Å². The van der Waals surface area contributed by atoms with E-state index in [1.807, 2.05) is 42.5 Å². The predicted molar refractivity (Wildman–Crippen MR) is 94.8 cm³/mol. The minimum atomic E-state index is -0.282. The fourth-order valence-electron chi connectivity index (χ4n) is 2.50. The minimum Gasteiger partial charge on any atom is -0.493 e. The summed E-state index contributed by atoms with van der Waals surface area (Å²) in [6.07, 6.45) is 0.186. The van der Waals surface area contributed by atoms with Crippen LogP contribution < -0.4 is 9.47 Å². The molecule has 25 heavy (non-hydrogen) atoms. The molecular weight excluding hydrogens is 320 g/mol. The molecule has 0 radical (unpaired) electrons. The van der Waals surface area contributed by atoms with Crippen molar-refractivity contribution in [1.29, 1.82) is 0 Å². The average molecular weight is 340 g/mol.